The lowest BCUT2D eigenvalue weighted by Gasteiger charge is -2.16. The summed E-state index contributed by atoms with van der Waals surface area (Å²) in [7, 11) is -0.0327. The molecule has 0 radical (unpaired) electrons. The number of nitrogen functional groups attached to an aromatic ring is 1. The molecule has 0 aromatic heterocycles. The van der Waals surface area contributed by atoms with Gasteiger partial charge in [-0.2, -0.15) is 0 Å². The third kappa shape index (κ3) is 4.38. The van der Waals surface area contributed by atoms with Crippen molar-refractivity contribution in [3.63, 3.8) is 0 Å². The molecule has 4 N–H and O–H groups in total. The lowest BCUT2D eigenvalue weighted by molar-refractivity contribution is 0.367. The van der Waals surface area contributed by atoms with E-state index in [0.717, 1.165) is 25.3 Å². The van der Waals surface area contributed by atoms with Gasteiger partial charge in [-0.3, -0.25) is 0 Å². The summed E-state index contributed by atoms with van der Waals surface area (Å²) < 4.78 is 25.5. The molecule has 0 saturated heterocycles. The zero-order chi connectivity index (χ0) is 14.5. The first kappa shape index (κ1) is 15.7. The van der Waals surface area contributed by atoms with E-state index >= 15 is 0 Å². The van der Waals surface area contributed by atoms with Crippen LogP contribution in [0.3, 0.4) is 0 Å². The first-order chi connectivity index (χ1) is 8.90. The largest absolute Gasteiger partial charge is 0.397 e. The Morgan fingerprint density at radius 3 is 2.58 bits per heavy atom. The molecule has 0 bridgehead atoms. The quantitative estimate of drug-likeness (QED) is 0.637. The average Bonchev–Trinajstić information content (AvgIpc) is 2.40. The van der Waals surface area contributed by atoms with Crippen molar-refractivity contribution in [2.45, 2.75) is 11.8 Å². The van der Waals surface area contributed by atoms with Crippen molar-refractivity contribution in [1.82, 2.24) is 9.62 Å². The fourth-order valence-corrected chi connectivity index (χ4v) is 2.29. The number of hydrogen-bond acceptors (Lipinski definition) is 5. The van der Waals surface area contributed by atoms with E-state index < -0.39 is 10.0 Å². The van der Waals surface area contributed by atoms with Gasteiger partial charge in [0, 0.05) is 13.1 Å². The van der Waals surface area contributed by atoms with Crippen LogP contribution in [0.4, 0.5) is 11.4 Å². The number of rotatable bonds is 7. The molecule has 6 nitrogen and oxygen atoms in total. The van der Waals surface area contributed by atoms with E-state index in [1.54, 1.807) is 6.07 Å². The summed E-state index contributed by atoms with van der Waals surface area (Å²) in [5.41, 5.74) is 7.03. The zero-order valence-electron chi connectivity index (χ0n) is 11.6. The topological polar surface area (TPSA) is 87.5 Å². The van der Waals surface area contributed by atoms with Gasteiger partial charge in [-0.05, 0) is 38.8 Å². The van der Waals surface area contributed by atoms with Crippen LogP contribution in [0, 0.1) is 0 Å². The molecule has 0 aliphatic rings. The maximum atomic E-state index is 11.6. The fraction of sp³-hybridized carbons (Fsp3) is 0.500. The van der Waals surface area contributed by atoms with Crippen molar-refractivity contribution in [2.75, 3.05) is 44.8 Å². The number of likely N-dealkylation sites (N-methyl/N-ethyl adjacent to an activating group) is 1. The molecule has 0 aliphatic heterocycles. The Morgan fingerprint density at radius 1 is 1.37 bits per heavy atom. The summed E-state index contributed by atoms with van der Waals surface area (Å²) >= 11 is 0. The van der Waals surface area contributed by atoms with Crippen LogP contribution in [0.2, 0.25) is 0 Å². The Labute approximate surface area is 115 Å². The lowest BCUT2D eigenvalue weighted by atomic mass is 10.2. The Balaban J connectivity index is 2.73. The zero-order valence-corrected chi connectivity index (χ0v) is 12.4. The molecule has 7 heteroatoms. The van der Waals surface area contributed by atoms with Gasteiger partial charge in [0.2, 0.25) is 10.0 Å². The third-order valence-electron chi connectivity index (χ3n) is 2.95. The summed E-state index contributed by atoms with van der Waals surface area (Å²) in [5, 5.41) is 3.19. The van der Waals surface area contributed by atoms with Crippen LogP contribution in [0.5, 0.6) is 0 Å². The highest BCUT2D eigenvalue weighted by Gasteiger charge is 2.12. The van der Waals surface area contributed by atoms with Crippen molar-refractivity contribution in [3.8, 4) is 0 Å². The second-order valence-corrected chi connectivity index (χ2v) is 6.17. The summed E-state index contributed by atoms with van der Waals surface area (Å²) in [5.74, 6) is 0. The maximum absolute atomic E-state index is 11.6. The summed E-state index contributed by atoms with van der Waals surface area (Å²) in [6.07, 6.45) is 0. The molecule has 0 saturated carbocycles. The number of nitrogens with zero attached hydrogens (tertiary/aromatic N) is 1. The molecule has 1 aromatic rings. The van der Waals surface area contributed by atoms with Crippen LogP contribution in [0.1, 0.15) is 6.92 Å². The number of hydrogen-bond donors (Lipinski definition) is 3. The molecule has 19 heavy (non-hydrogen) atoms. The second-order valence-electron chi connectivity index (χ2n) is 4.28. The number of anilines is 2. The van der Waals surface area contributed by atoms with Gasteiger partial charge in [-0.1, -0.05) is 6.92 Å². The van der Waals surface area contributed by atoms with Gasteiger partial charge in [0.25, 0.3) is 0 Å². The predicted molar refractivity (Wildman–Crippen MR) is 78.8 cm³/mol. The monoisotopic (exact) mass is 286 g/mol. The van der Waals surface area contributed by atoms with Gasteiger partial charge in [0.05, 0.1) is 16.3 Å². The minimum atomic E-state index is -3.44. The van der Waals surface area contributed by atoms with E-state index in [4.69, 9.17) is 5.73 Å². The van der Waals surface area contributed by atoms with Crippen molar-refractivity contribution < 1.29 is 8.42 Å². The van der Waals surface area contributed by atoms with Crippen LogP contribution in [0.25, 0.3) is 0 Å². The molecule has 0 spiro atoms. The van der Waals surface area contributed by atoms with Crippen LogP contribution in [-0.2, 0) is 10.0 Å². The molecule has 0 unspecified atom stereocenters. The van der Waals surface area contributed by atoms with Crippen molar-refractivity contribution >= 4 is 21.4 Å². The molecular weight excluding hydrogens is 264 g/mol. The van der Waals surface area contributed by atoms with Gasteiger partial charge < -0.3 is 16.0 Å². The number of nitrogens with two attached hydrogens (primary N) is 1. The van der Waals surface area contributed by atoms with Crippen LogP contribution in [-0.4, -0.2) is 47.0 Å². The highest BCUT2D eigenvalue weighted by Crippen LogP contribution is 2.22. The smallest absolute Gasteiger partial charge is 0.240 e. The molecular formula is C12H22N4O2S. The van der Waals surface area contributed by atoms with E-state index in [2.05, 4.69) is 21.9 Å². The standard InChI is InChI=1S/C12H22N4O2S/c1-4-16(3)8-7-15-12-6-5-10(9-11(12)13)19(17,18)14-2/h5-6,9,14-15H,4,7-8,13H2,1-3H3. The van der Waals surface area contributed by atoms with E-state index in [0.29, 0.717) is 5.69 Å². The molecule has 0 aliphatic carbocycles. The van der Waals surface area contributed by atoms with Crippen LogP contribution < -0.4 is 15.8 Å². The van der Waals surface area contributed by atoms with Gasteiger partial charge in [-0.15, -0.1) is 0 Å². The van der Waals surface area contributed by atoms with Crippen molar-refractivity contribution in [2.24, 2.45) is 0 Å². The Bertz CT molecular complexity index is 516. The van der Waals surface area contributed by atoms with Crippen molar-refractivity contribution in [3.05, 3.63) is 18.2 Å². The Morgan fingerprint density at radius 2 is 2.05 bits per heavy atom. The minimum Gasteiger partial charge on any atom is -0.397 e. The summed E-state index contributed by atoms with van der Waals surface area (Å²) in [6.45, 7) is 4.72. The first-order valence-electron chi connectivity index (χ1n) is 6.16. The molecule has 0 amide bonds. The summed E-state index contributed by atoms with van der Waals surface area (Å²) in [4.78, 5) is 2.34. The highest BCUT2D eigenvalue weighted by molar-refractivity contribution is 7.89. The first-order valence-corrected chi connectivity index (χ1v) is 7.64. The van der Waals surface area contributed by atoms with E-state index in [-0.39, 0.29) is 4.90 Å². The lowest BCUT2D eigenvalue weighted by Crippen LogP contribution is -2.25. The number of benzene rings is 1. The van der Waals surface area contributed by atoms with Gasteiger partial charge in [0.1, 0.15) is 0 Å². The average molecular weight is 286 g/mol. The molecule has 0 fully saturated rings. The molecule has 108 valence electrons. The van der Waals surface area contributed by atoms with Gasteiger partial charge in [0.15, 0.2) is 0 Å². The van der Waals surface area contributed by atoms with Crippen molar-refractivity contribution in [1.29, 1.82) is 0 Å². The Kier molecular flexibility index (Phi) is 5.59. The predicted octanol–water partition coefficient (Wildman–Crippen LogP) is 0.541. The highest BCUT2D eigenvalue weighted by atomic mass is 32.2. The fourth-order valence-electron chi connectivity index (χ4n) is 1.53. The Hall–Kier alpha value is -1.31. The van der Waals surface area contributed by atoms with Crippen LogP contribution >= 0.6 is 0 Å². The van der Waals surface area contributed by atoms with Crippen LogP contribution in [0.15, 0.2) is 23.1 Å². The second kappa shape index (κ2) is 6.74. The summed E-state index contributed by atoms with van der Waals surface area (Å²) in [6, 6.07) is 4.68. The molecule has 1 rings (SSSR count). The van der Waals surface area contributed by atoms with E-state index in [1.807, 2.05) is 7.05 Å². The molecule has 0 atom stereocenters. The van der Waals surface area contributed by atoms with E-state index in [9.17, 15) is 8.42 Å². The molecule has 0 heterocycles. The van der Waals surface area contributed by atoms with E-state index in [1.165, 1.54) is 19.2 Å². The SMILES string of the molecule is CCN(C)CCNc1ccc(S(=O)(=O)NC)cc1N. The number of nitrogens with one attached hydrogen (secondary N) is 2. The minimum absolute atomic E-state index is 0.170. The maximum Gasteiger partial charge on any atom is 0.240 e. The third-order valence-corrected chi connectivity index (χ3v) is 4.36. The normalized spacial score (nSPS) is 11.8. The number of sulfonamides is 1. The van der Waals surface area contributed by atoms with Gasteiger partial charge in [-0.25, -0.2) is 13.1 Å². The molecule has 1 aromatic carbocycles. The van der Waals surface area contributed by atoms with Gasteiger partial charge >= 0.3 is 0 Å².